The molecule has 1 saturated heterocycles. The van der Waals surface area contributed by atoms with Crippen LogP contribution in [0.25, 0.3) is 11.3 Å². The number of rotatable bonds is 4. The second-order valence-corrected chi connectivity index (χ2v) is 7.32. The maximum atomic E-state index is 12.9. The number of hydrogen-bond donors (Lipinski definition) is 2. The summed E-state index contributed by atoms with van der Waals surface area (Å²) >= 11 is 0. The molecule has 1 atom stereocenters. The van der Waals surface area contributed by atoms with Crippen LogP contribution in [0.1, 0.15) is 24.0 Å². The van der Waals surface area contributed by atoms with Gasteiger partial charge in [-0.25, -0.2) is 0 Å². The number of aryl methyl sites for hydroxylation is 1. The van der Waals surface area contributed by atoms with E-state index in [1.807, 2.05) is 0 Å². The maximum absolute atomic E-state index is 12.9. The highest BCUT2D eigenvalue weighted by atomic mass is 19.4. The Hall–Kier alpha value is -2.56. The van der Waals surface area contributed by atoms with Crippen LogP contribution >= 0.6 is 0 Å². The lowest BCUT2D eigenvalue weighted by molar-refractivity contribution is -0.147. The van der Waals surface area contributed by atoms with E-state index in [1.54, 1.807) is 0 Å². The molecule has 1 aromatic carbocycles. The van der Waals surface area contributed by atoms with Gasteiger partial charge in [-0.05, 0) is 56.1 Å². The van der Waals surface area contributed by atoms with Gasteiger partial charge in [-0.1, -0.05) is 0 Å². The van der Waals surface area contributed by atoms with Crippen molar-refractivity contribution in [2.45, 2.75) is 38.2 Å². The number of aromatic nitrogens is 2. The zero-order valence-electron chi connectivity index (χ0n) is 16.0. The molecule has 1 aliphatic rings. The number of alkyl halides is 6. The van der Waals surface area contributed by atoms with Crippen LogP contribution in [0.4, 0.5) is 32.2 Å². The summed E-state index contributed by atoms with van der Waals surface area (Å²) < 4.78 is 76.4. The van der Waals surface area contributed by atoms with Gasteiger partial charge in [0.05, 0.1) is 17.8 Å². The number of aromatic hydroxyl groups is 1. The van der Waals surface area contributed by atoms with Crippen LogP contribution < -0.4 is 5.32 Å². The minimum absolute atomic E-state index is 0.135. The van der Waals surface area contributed by atoms with Crippen molar-refractivity contribution in [1.29, 1.82) is 0 Å². The molecule has 11 heteroatoms. The Bertz CT molecular complexity index is 859. The first-order valence-electron chi connectivity index (χ1n) is 9.23. The smallest absolute Gasteiger partial charge is 0.416 e. The molecule has 164 valence electrons. The SMILES string of the molecule is Cc1cc(C(F)(F)F)cc(O)c1-c1ccc(N[C@@H]2CCCN(CC(F)(F)F)C2)nn1. The Labute approximate surface area is 168 Å². The lowest BCUT2D eigenvalue weighted by Crippen LogP contribution is -2.45. The average molecular weight is 434 g/mol. The summed E-state index contributed by atoms with van der Waals surface area (Å²) in [5.41, 5.74) is -0.455. The highest BCUT2D eigenvalue weighted by Crippen LogP contribution is 2.38. The average Bonchev–Trinajstić information content (AvgIpc) is 2.60. The number of phenolic OH excluding ortho intramolecular Hbond substituents is 1. The normalized spacial score (nSPS) is 18.4. The van der Waals surface area contributed by atoms with Crippen molar-refractivity contribution in [1.82, 2.24) is 15.1 Å². The number of anilines is 1. The molecule has 2 aromatic rings. The van der Waals surface area contributed by atoms with Gasteiger partial charge in [-0.15, -0.1) is 10.2 Å². The monoisotopic (exact) mass is 434 g/mol. The third-order valence-electron chi connectivity index (χ3n) is 4.82. The second kappa shape index (κ2) is 8.29. The Morgan fingerprint density at radius 2 is 1.87 bits per heavy atom. The number of likely N-dealkylation sites (tertiary alicyclic amines) is 1. The summed E-state index contributed by atoms with van der Waals surface area (Å²) in [6.45, 7) is 1.04. The highest BCUT2D eigenvalue weighted by Gasteiger charge is 2.33. The summed E-state index contributed by atoms with van der Waals surface area (Å²) in [6, 6.07) is 4.33. The Morgan fingerprint density at radius 3 is 2.43 bits per heavy atom. The zero-order valence-corrected chi connectivity index (χ0v) is 16.0. The number of piperidine rings is 1. The van der Waals surface area contributed by atoms with Crippen LogP contribution in [0.2, 0.25) is 0 Å². The van der Waals surface area contributed by atoms with Crippen molar-refractivity contribution < 1.29 is 31.4 Å². The molecule has 0 saturated carbocycles. The molecule has 3 rings (SSSR count). The molecule has 0 unspecified atom stereocenters. The van der Waals surface area contributed by atoms with Crippen LogP contribution in [0.15, 0.2) is 24.3 Å². The van der Waals surface area contributed by atoms with Gasteiger partial charge in [-0.3, -0.25) is 4.90 Å². The molecule has 2 N–H and O–H groups in total. The molecule has 1 aliphatic heterocycles. The number of benzene rings is 1. The van der Waals surface area contributed by atoms with E-state index in [9.17, 15) is 31.4 Å². The van der Waals surface area contributed by atoms with E-state index in [0.29, 0.717) is 31.3 Å². The van der Waals surface area contributed by atoms with Gasteiger partial charge in [0, 0.05) is 18.2 Å². The third-order valence-corrected chi connectivity index (χ3v) is 4.82. The Balaban J connectivity index is 1.71. The van der Waals surface area contributed by atoms with E-state index in [-0.39, 0.29) is 29.4 Å². The molecule has 0 radical (unpaired) electrons. The number of halogens is 6. The van der Waals surface area contributed by atoms with E-state index in [2.05, 4.69) is 15.5 Å². The molecule has 0 bridgehead atoms. The molecular formula is C19H20F6N4O. The quantitative estimate of drug-likeness (QED) is 0.688. The molecule has 5 nitrogen and oxygen atoms in total. The van der Waals surface area contributed by atoms with Gasteiger partial charge in [0.15, 0.2) is 0 Å². The van der Waals surface area contributed by atoms with Gasteiger partial charge in [0.25, 0.3) is 0 Å². The molecule has 1 fully saturated rings. The van der Waals surface area contributed by atoms with Crippen molar-refractivity contribution >= 4 is 5.82 Å². The van der Waals surface area contributed by atoms with Crippen molar-refractivity contribution in [2.75, 3.05) is 25.0 Å². The summed E-state index contributed by atoms with van der Waals surface area (Å²) in [6.07, 6.45) is -7.56. The van der Waals surface area contributed by atoms with Crippen LogP contribution in [0, 0.1) is 6.92 Å². The molecular weight excluding hydrogens is 414 g/mol. The minimum atomic E-state index is -4.58. The van der Waals surface area contributed by atoms with E-state index < -0.39 is 30.2 Å². The van der Waals surface area contributed by atoms with Crippen molar-refractivity contribution in [3.8, 4) is 17.0 Å². The van der Waals surface area contributed by atoms with Crippen LogP contribution in [-0.4, -0.2) is 52.1 Å². The Kier molecular flexibility index (Phi) is 6.11. The molecule has 1 aromatic heterocycles. The van der Waals surface area contributed by atoms with Gasteiger partial charge in [0.1, 0.15) is 11.6 Å². The molecule has 2 heterocycles. The molecule has 30 heavy (non-hydrogen) atoms. The summed E-state index contributed by atoms with van der Waals surface area (Å²) in [7, 11) is 0. The predicted molar refractivity (Wildman–Crippen MR) is 98.0 cm³/mol. The lowest BCUT2D eigenvalue weighted by atomic mass is 10.0. The van der Waals surface area contributed by atoms with E-state index in [0.717, 1.165) is 6.07 Å². The second-order valence-electron chi connectivity index (χ2n) is 7.32. The summed E-state index contributed by atoms with van der Waals surface area (Å²) in [5, 5.41) is 21.0. The number of hydrogen-bond acceptors (Lipinski definition) is 5. The summed E-state index contributed by atoms with van der Waals surface area (Å²) in [4.78, 5) is 1.33. The number of phenols is 1. The third kappa shape index (κ3) is 5.53. The first kappa shape index (κ1) is 22.1. The summed E-state index contributed by atoms with van der Waals surface area (Å²) in [5.74, 6) is -0.228. The number of nitrogens with zero attached hydrogens (tertiary/aromatic N) is 3. The van der Waals surface area contributed by atoms with Gasteiger partial charge >= 0.3 is 12.4 Å². The fraction of sp³-hybridized carbons (Fsp3) is 0.474. The van der Waals surface area contributed by atoms with E-state index in [4.69, 9.17) is 0 Å². The van der Waals surface area contributed by atoms with Gasteiger partial charge < -0.3 is 10.4 Å². The topological polar surface area (TPSA) is 61.3 Å². The fourth-order valence-electron chi connectivity index (χ4n) is 3.59. The van der Waals surface area contributed by atoms with Crippen LogP contribution in [-0.2, 0) is 6.18 Å². The standard InChI is InChI=1S/C19H20F6N4O/c1-11-7-12(19(23,24)25)8-15(30)17(11)14-4-5-16(28-27-14)26-13-3-2-6-29(9-13)10-18(20,21)22/h4-5,7-8,13,30H,2-3,6,9-10H2,1H3,(H,26,28)/t13-/m1/s1. The van der Waals surface area contributed by atoms with Gasteiger partial charge in [-0.2, -0.15) is 26.3 Å². The zero-order chi connectivity index (χ0) is 22.1. The molecule has 0 aliphatic carbocycles. The molecule has 0 amide bonds. The number of nitrogens with one attached hydrogen (secondary N) is 1. The molecule has 0 spiro atoms. The van der Waals surface area contributed by atoms with Crippen molar-refractivity contribution in [3.05, 3.63) is 35.4 Å². The van der Waals surface area contributed by atoms with Crippen molar-refractivity contribution in [3.63, 3.8) is 0 Å². The van der Waals surface area contributed by atoms with E-state index >= 15 is 0 Å². The maximum Gasteiger partial charge on any atom is 0.416 e. The van der Waals surface area contributed by atoms with E-state index in [1.165, 1.54) is 24.0 Å². The highest BCUT2D eigenvalue weighted by molar-refractivity contribution is 5.71. The predicted octanol–water partition coefficient (Wildman–Crippen LogP) is 4.62. The van der Waals surface area contributed by atoms with Crippen LogP contribution in [0.5, 0.6) is 5.75 Å². The van der Waals surface area contributed by atoms with Crippen molar-refractivity contribution in [2.24, 2.45) is 0 Å². The van der Waals surface area contributed by atoms with Crippen LogP contribution in [0.3, 0.4) is 0 Å². The largest absolute Gasteiger partial charge is 0.507 e. The minimum Gasteiger partial charge on any atom is -0.507 e. The first-order chi connectivity index (χ1) is 13.9. The first-order valence-corrected chi connectivity index (χ1v) is 9.23. The lowest BCUT2D eigenvalue weighted by Gasteiger charge is -2.33. The van der Waals surface area contributed by atoms with Gasteiger partial charge in [0.2, 0.25) is 0 Å². The fourth-order valence-corrected chi connectivity index (χ4v) is 3.59. The Morgan fingerprint density at radius 1 is 1.13 bits per heavy atom.